The van der Waals surface area contributed by atoms with Gasteiger partial charge in [0.1, 0.15) is 11.3 Å². The smallest absolute Gasteiger partial charge is 0.272 e. The number of hydrogen-bond acceptors (Lipinski definition) is 5. The van der Waals surface area contributed by atoms with Crippen molar-refractivity contribution in [3.63, 3.8) is 0 Å². The number of nitrogens with one attached hydrogen (secondary N) is 2. The van der Waals surface area contributed by atoms with Crippen LogP contribution in [0, 0.1) is 0 Å². The lowest BCUT2D eigenvalue weighted by Gasteiger charge is -2.15. The maximum Gasteiger partial charge on any atom is 0.272 e. The normalized spacial score (nSPS) is 15.7. The van der Waals surface area contributed by atoms with E-state index in [4.69, 9.17) is 4.74 Å². The molecule has 2 N–H and O–H groups in total. The third-order valence-corrected chi connectivity index (χ3v) is 2.86. The number of methoxy groups -OCH3 is 1. The second kappa shape index (κ2) is 4.59. The zero-order chi connectivity index (χ0) is 13.2. The van der Waals surface area contributed by atoms with E-state index in [1.807, 2.05) is 0 Å². The molecule has 1 heterocycles. The molecule has 7 nitrogen and oxygen atoms in total. The predicted octanol–water partition coefficient (Wildman–Crippen LogP) is -0.506. The number of carbonyl (C=O) groups is 2. The summed E-state index contributed by atoms with van der Waals surface area (Å²) < 4.78 is 4.96. The van der Waals surface area contributed by atoms with E-state index in [-0.39, 0.29) is 11.6 Å². The monoisotopic (exact) mass is 250 g/mol. The van der Waals surface area contributed by atoms with Crippen molar-refractivity contribution in [2.24, 2.45) is 0 Å². The van der Waals surface area contributed by atoms with Crippen molar-refractivity contribution in [1.82, 2.24) is 20.8 Å². The Hall–Kier alpha value is -2.18. The Balaban J connectivity index is 2.10. The highest BCUT2D eigenvalue weighted by Crippen LogP contribution is 2.35. The van der Waals surface area contributed by atoms with E-state index >= 15 is 0 Å². The van der Waals surface area contributed by atoms with Crippen molar-refractivity contribution in [2.45, 2.75) is 18.4 Å². The van der Waals surface area contributed by atoms with E-state index in [0.717, 1.165) is 0 Å². The maximum atomic E-state index is 11.9. The van der Waals surface area contributed by atoms with Crippen molar-refractivity contribution in [3.05, 3.63) is 18.0 Å². The summed E-state index contributed by atoms with van der Waals surface area (Å²) >= 11 is 0. The molecule has 7 heteroatoms. The first-order valence-electron chi connectivity index (χ1n) is 5.53. The summed E-state index contributed by atoms with van der Waals surface area (Å²) in [6, 6.07) is 1.47. The molecule has 1 aromatic rings. The molecule has 2 rings (SSSR count). The summed E-state index contributed by atoms with van der Waals surface area (Å²) in [5.74, 6) is -0.172. The van der Waals surface area contributed by atoms with Crippen LogP contribution >= 0.6 is 0 Å². The van der Waals surface area contributed by atoms with Crippen molar-refractivity contribution in [2.75, 3.05) is 14.2 Å². The minimum atomic E-state index is -0.781. The molecule has 96 valence electrons. The van der Waals surface area contributed by atoms with Crippen LogP contribution in [-0.2, 0) is 4.79 Å². The van der Waals surface area contributed by atoms with E-state index < -0.39 is 11.4 Å². The topological polar surface area (TPSA) is 93.2 Å². The Morgan fingerprint density at radius 3 is 2.72 bits per heavy atom. The summed E-state index contributed by atoms with van der Waals surface area (Å²) in [6.07, 6.45) is 2.67. The number of amides is 2. The van der Waals surface area contributed by atoms with Crippen LogP contribution in [0.1, 0.15) is 23.3 Å². The standard InChI is InChI=1S/C11H14N4O3/c1-12-10(17)11(3-4-11)14-9(16)8-5-7(18-2)6-13-15-8/h5-6H,3-4H2,1-2H3,(H,12,17)(H,14,16). The van der Waals surface area contributed by atoms with Crippen LogP contribution in [-0.4, -0.2) is 41.7 Å². The van der Waals surface area contributed by atoms with E-state index in [9.17, 15) is 9.59 Å². The quantitative estimate of drug-likeness (QED) is 0.751. The number of likely N-dealkylation sites (N-methyl/N-ethyl adjacent to an activating group) is 1. The zero-order valence-corrected chi connectivity index (χ0v) is 10.2. The number of ether oxygens (including phenoxy) is 1. The van der Waals surface area contributed by atoms with Gasteiger partial charge < -0.3 is 15.4 Å². The predicted molar refractivity (Wildman–Crippen MR) is 62.1 cm³/mol. The highest BCUT2D eigenvalue weighted by atomic mass is 16.5. The molecule has 1 aliphatic carbocycles. The Kier molecular flexibility index (Phi) is 3.14. The van der Waals surface area contributed by atoms with Gasteiger partial charge in [0.05, 0.1) is 13.3 Å². The van der Waals surface area contributed by atoms with Gasteiger partial charge in [-0.15, -0.1) is 5.10 Å². The van der Waals surface area contributed by atoms with Crippen molar-refractivity contribution >= 4 is 11.8 Å². The average molecular weight is 250 g/mol. The number of hydrogen-bond donors (Lipinski definition) is 2. The lowest BCUT2D eigenvalue weighted by molar-refractivity contribution is -0.123. The minimum Gasteiger partial charge on any atom is -0.495 e. The molecular formula is C11H14N4O3. The van der Waals surface area contributed by atoms with Crippen molar-refractivity contribution in [3.8, 4) is 5.75 Å². The van der Waals surface area contributed by atoms with Gasteiger partial charge in [0, 0.05) is 13.1 Å². The fourth-order valence-corrected chi connectivity index (χ4v) is 1.63. The van der Waals surface area contributed by atoms with Gasteiger partial charge in [0.15, 0.2) is 5.69 Å². The molecule has 1 aromatic heterocycles. The number of aromatic nitrogens is 2. The van der Waals surface area contributed by atoms with Gasteiger partial charge in [-0.1, -0.05) is 0 Å². The van der Waals surface area contributed by atoms with Crippen LogP contribution in [0.5, 0.6) is 5.75 Å². The molecule has 1 aliphatic rings. The maximum absolute atomic E-state index is 11.9. The Morgan fingerprint density at radius 2 is 2.17 bits per heavy atom. The van der Waals surface area contributed by atoms with Gasteiger partial charge in [-0.2, -0.15) is 5.10 Å². The van der Waals surface area contributed by atoms with Gasteiger partial charge in [-0.3, -0.25) is 9.59 Å². The average Bonchev–Trinajstić information content (AvgIpc) is 3.18. The van der Waals surface area contributed by atoms with Crippen LogP contribution in [0.4, 0.5) is 0 Å². The lowest BCUT2D eigenvalue weighted by Crippen LogP contribution is -2.48. The Morgan fingerprint density at radius 1 is 1.44 bits per heavy atom. The van der Waals surface area contributed by atoms with Crippen molar-refractivity contribution in [1.29, 1.82) is 0 Å². The first-order chi connectivity index (χ1) is 8.61. The second-order valence-corrected chi connectivity index (χ2v) is 4.10. The van der Waals surface area contributed by atoms with Crippen molar-refractivity contribution < 1.29 is 14.3 Å². The van der Waals surface area contributed by atoms with E-state index in [1.165, 1.54) is 19.4 Å². The highest BCUT2D eigenvalue weighted by molar-refractivity contribution is 5.99. The lowest BCUT2D eigenvalue weighted by atomic mass is 10.2. The molecule has 18 heavy (non-hydrogen) atoms. The van der Waals surface area contributed by atoms with Gasteiger partial charge in [-0.25, -0.2) is 0 Å². The second-order valence-electron chi connectivity index (χ2n) is 4.10. The van der Waals surface area contributed by atoms with Crippen LogP contribution in [0.3, 0.4) is 0 Å². The summed E-state index contributed by atoms with van der Waals surface area (Å²) in [5.41, 5.74) is -0.652. The first kappa shape index (κ1) is 12.3. The van der Waals surface area contributed by atoms with E-state index in [0.29, 0.717) is 18.6 Å². The Labute approximate surface area is 104 Å². The largest absolute Gasteiger partial charge is 0.495 e. The summed E-state index contributed by atoms with van der Waals surface area (Å²) in [5, 5.41) is 12.6. The van der Waals surface area contributed by atoms with Crippen LogP contribution in [0.25, 0.3) is 0 Å². The summed E-state index contributed by atoms with van der Waals surface area (Å²) in [6.45, 7) is 0. The molecule has 0 spiro atoms. The van der Waals surface area contributed by atoms with Gasteiger partial charge in [0.25, 0.3) is 5.91 Å². The first-order valence-corrected chi connectivity index (χ1v) is 5.53. The van der Waals surface area contributed by atoms with E-state index in [2.05, 4.69) is 20.8 Å². The summed E-state index contributed by atoms with van der Waals surface area (Å²) in [7, 11) is 3.02. The molecule has 1 saturated carbocycles. The molecule has 0 saturated heterocycles. The molecule has 0 aromatic carbocycles. The number of carbonyl (C=O) groups excluding carboxylic acids is 2. The molecule has 0 atom stereocenters. The van der Waals surface area contributed by atoms with Gasteiger partial charge >= 0.3 is 0 Å². The van der Waals surface area contributed by atoms with Gasteiger partial charge in [-0.05, 0) is 12.8 Å². The SMILES string of the molecule is CNC(=O)C1(NC(=O)c2cc(OC)cnn2)CC1. The number of rotatable bonds is 4. The van der Waals surface area contributed by atoms with Gasteiger partial charge in [0.2, 0.25) is 5.91 Å². The molecule has 2 amide bonds. The Bertz CT molecular complexity index is 485. The third kappa shape index (κ3) is 2.24. The number of nitrogens with zero attached hydrogens (tertiary/aromatic N) is 2. The zero-order valence-electron chi connectivity index (χ0n) is 10.2. The fourth-order valence-electron chi connectivity index (χ4n) is 1.63. The van der Waals surface area contributed by atoms with Crippen LogP contribution in [0.15, 0.2) is 12.3 Å². The molecule has 0 bridgehead atoms. The minimum absolute atomic E-state index is 0.129. The van der Waals surface area contributed by atoms with Crippen LogP contribution < -0.4 is 15.4 Å². The fraction of sp³-hybridized carbons (Fsp3) is 0.455. The highest BCUT2D eigenvalue weighted by Gasteiger charge is 2.50. The molecule has 0 radical (unpaired) electrons. The summed E-state index contributed by atoms with van der Waals surface area (Å²) in [4.78, 5) is 23.5. The molecular weight excluding hydrogens is 236 g/mol. The van der Waals surface area contributed by atoms with Crippen LogP contribution in [0.2, 0.25) is 0 Å². The third-order valence-electron chi connectivity index (χ3n) is 2.86. The van der Waals surface area contributed by atoms with E-state index in [1.54, 1.807) is 7.05 Å². The molecule has 1 fully saturated rings. The molecule has 0 unspecified atom stereocenters. The molecule has 0 aliphatic heterocycles.